The first-order valence-corrected chi connectivity index (χ1v) is 9.05. The zero-order valence-corrected chi connectivity index (χ0v) is 15.4. The molecule has 1 atom stereocenters. The molecule has 6 heteroatoms. The number of benzene rings is 2. The number of piperidine rings is 1. The standard InChI is InChI=1S/C21H24F2N2O2/c1-24(13-16-3-7-18(22)8-4-16)15-21(27)11-2-12-25(20(21)26)14-17-5-9-19(23)10-6-17/h3-10,27H,2,11-15H2,1H3/t21-/m1/s1. The van der Waals surface area contributed by atoms with Gasteiger partial charge in [0.15, 0.2) is 5.60 Å². The number of amides is 1. The van der Waals surface area contributed by atoms with Gasteiger partial charge in [-0.2, -0.15) is 0 Å². The minimum atomic E-state index is -1.45. The normalized spacial score (nSPS) is 20.3. The van der Waals surface area contributed by atoms with Crippen molar-refractivity contribution in [3.8, 4) is 0 Å². The van der Waals surface area contributed by atoms with E-state index < -0.39 is 5.60 Å². The Balaban J connectivity index is 1.63. The van der Waals surface area contributed by atoms with E-state index in [-0.39, 0.29) is 24.1 Å². The highest BCUT2D eigenvalue weighted by molar-refractivity contribution is 5.86. The van der Waals surface area contributed by atoms with E-state index in [0.717, 1.165) is 11.1 Å². The fraction of sp³-hybridized carbons (Fsp3) is 0.381. The third kappa shape index (κ3) is 4.90. The summed E-state index contributed by atoms with van der Waals surface area (Å²) in [5, 5.41) is 11.0. The maximum Gasteiger partial charge on any atom is 0.256 e. The Morgan fingerprint density at radius 2 is 1.59 bits per heavy atom. The highest BCUT2D eigenvalue weighted by Gasteiger charge is 2.42. The maximum absolute atomic E-state index is 13.1. The van der Waals surface area contributed by atoms with Gasteiger partial charge in [0.2, 0.25) is 0 Å². The van der Waals surface area contributed by atoms with Gasteiger partial charge in [-0.15, -0.1) is 0 Å². The molecule has 1 N–H and O–H groups in total. The number of carbonyl (C=O) groups is 1. The zero-order chi connectivity index (χ0) is 19.4. The Kier molecular flexibility index (Phi) is 5.87. The third-order valence-electron chi connectivity index (χ3n) is 4.89. The molecule has 27 heavy (non-hydrogen) atoms. The number of hydrogen-bond acceptors (Lipinski definition) is 3. The van der Waals surface area contributed by atoms with Crippen LogP contribution in [-0.4, -0.2) is 46.6 Å². The fourth-order valence-corrected chi connectivity index (χ4v) is 3.58. The lowest BCUT2D eigenvalue weighted by atomic mass is 9.90. The Morgan fingerprint density at radius 1 is 1.04 bits per heavy atom. The largest absolute Gasteiger partial charge is 0.379 e. The molecule has 0 aromatic heterocycles. The van der Waals surface area contributed by atoms with Gasteiger partial charge in [-0.3, -0.25) is 9.69 Å². The highest BCUT2D eigenvalue weighted by Crippen LogP contribution is 2.25. The SMILES string of the molecule is CN(Cc1ccc(F)cc1)C[C@]1(O)CCCN(Cc2ccc(F)cc2)C1=O. The summed E-state index contributed by atoms with van der Waals surface area (Å²) in [5.74, 6) is -0.911. The number of carbonyl (C=O) groups excluding carboxylic acids is 1. The fourth-order valence-electron chi connectivity index (χ4n) is 3.58. The smallest absolute Gasteiger partial charge is 0.256 e. The summed E-state index contributed by atoms with van der Waals surface area (Å²) in [5.41, 5.74) is 0.287. The van der Waals surface area contributed by atoms with Gasteiger partial charge in [0.05, 0.1) is 0 Å². The van der Waals surface area contributed by atoms with Crippen molar-refractivity contribution in [3.63, 3.8) is 0 Å². The molecule has 0 bridgehead atoms. The summed E-state index contributed by atoms with van der Waals surface area (Å²) < 4.78 is 26.1. The molecular weight excluding hydrogens is 350 g/mol. The van der Waals surface area contributed by atoms with Crippen molar-refractivity contribution < 1.29 is 18.7 Å². The van der Waals surface area contributed by atoms with Gasteiger partial charge in [0.25, 0.3) is 5.91 Å². The Labute approximate surface area is 158 Å². The van der Waals surface area contributed by atoms with Crippen LogP contribution in [0.25, 0.3) is 0 Å². The molecule has 4 nitrogen and oxygen atoms in total. The number of likely N-dealkylation sites (tertiary alicyclic amines) is 1. The van der Waals surface area contributed by atoms with Crippen LogP contribution in [0, 0.1) is 11.6 Å². The van der Waals surface area contributed by atoms with E-state index in [1.165, 1.54) is 24.3 Å². The number of hydrogen-bond donors (Lipinski definition) is 1. The predicted molar refractivity (Wildman–Crippen MR) is 98.7 cm³/mol. The summed E-state index contributed by atoms with van der Waals surface area (Å²) in [4.78, 5) is 16.4. The number of halogens is 2. The molecule has 1 heterocycles. The maximum atomic E-state index is 13.1. The summed E-state index contributed by atoms with van der Waals surface area (Å²) in [6, 6.07) is 12.2. The lowest BCUT2D eigenvalue weighted by Crippen LogP contribution is -2.57. The van der Waals surface area contributed by atoms with Crippen LogP contribution >= 0.6 is 0 Å². The van der Waals surface area contributed by atoms with Crippen molar-refractivity contribution in [1.82, 2.24) is 9.80 Å². The molecule has 1 aliphatic rings. The summed E-state index contributed by atoms with van der Waals surface area (Å²) >= 11 is 0. The van der Waals surface area contributed by atoms with Crippen LogP contribution in [0.2, 0.25) is 0 Å². The van der Waals surface area contributed by atoms with Gasteiger partial charge < -0.3 is 10.0 Å². The van der Waals surface area contributed by atoms with Crippen LogP contribution in [0.4, 0.5) is 8.78 Å². The quantitative estimate of drug-likeness (QED) is 0.846. The number of aliphatic hydroxyl groups is 1. The number of likely N-dealkylation sites (N-methyl/N-ethyl adjacent to an activating group) is 1. The monoisotopic (exact) mass is 374 g/mol. The molecule has 0 saturated carbocycles. The van der Waals surface area contributed by atoms with Gasteiger partial charge in [0.1, 0.15) is 11.6 Å². The molecule has 1 amide bonds. The second-order valence-electron chi connectivity index (χ2n) is 7.29. The zero-order valence-electron chi connectivity index (χ0n) is 15.4. The van der Waals surface area contributed by atoms with E-state index in [0.29, 0.717) is 32.5 Å². The van der Waals surface area contributed by atoms with Gasteiger partial charge in [-0.05, 0) is 55.3 Å². The molecule has 0 spiro atoms. The molecule has 0 unspecified atom stereocenters. The van der Waals surface area contributed by atoms with Crippen LogP contribution in [-0.2, 0) is 17.9 Å². The number of nitrogens with zero attached hydrogens (tertiary/aromatic N) is 2. The molecule has 2 aromatic carbocycles. The Hall–Kier alpha value is -2.31. The number of rotatable bonds is 6. The lowest BCUT2D eigenvalue weighted by molar-refractivity contribution is -0.160. The molecule has 1 aliphatic heterocycles. The van der Waals surface area contributed by atoms with E-state index in [2.05, 4.69) is 0 Å². The van der Waals surface area contributed by atoms with Crippen molar-refractivity contribution in [2.24, 2.45) is 0 Å². The highest BCUT2D eigenvalue weighted by atomic mass is 19.1. The van der Waals surface area contributed by atoms with Gasteiger partial charge in [-0.1, -0.05) is 24.3 Å². The van der Waals surface area contributed by atoms with Crippen molar-refractivity contribution in [2.45, 2.75) is 31.5 Å². The molecule has 144 valence electrons. The van der Waals surface area contributed by atoms with Crippen LogP contribution in [0.15, 0.2) is 48.5 Å². The Bertz CT molecular complexity index is 780. The predicted octanol–water partition coefficient (Wildman–Crippen LogP) is 2.95. The average molecular weight is 374 g/mol. The minimum Gasteiger partial charge on any atom is -0.379 e. The molecule has 0 radical (unpaired) electrons. The van der Waals surface area contributed by atoms with E-state index >= 15 is 0 Å². The molecule has 1 fully saturated rings. The molecule has 0 aliphatic carbocycles. The molecule has 2 aromatic rings. The average Bonchev–Trinajstić information content (AvgIpc) is 2.63. The topological polar surface area (TPSA) is 43.8 Å². The van der Waals surface area contributed by atoms with Crippen LogP contribution < -0.4 is 0 Å². The van der Waals surface area contributed by atoms with Crippen LogP contribution in [0.1, 0.15) is 24.0 Å². The van der Waals surface area contributed by atoms with Crippen molar-refractivity contribution in [3.05, 3.63) is 71.3 Å². The van der Waals surface area contributed by atoms with Crippen LogP contribution in [0.5, 0.6) is 0 Å². The first-order chi connectivity index (χ1) is 12.9. The third-order valence-corrected chi connectivity index (χ3v) is 4.89. The van der Waals surface area contributed by atoms with E-state index in [4.69, 9.17) is 0 Å². The second-order valence-corrected chi connectivity index (χ2v) is 7.29. The van der Waals surface area contributed by atoms with E-state index in [1.807, 2.05) is 11.9 Å². The Morgan fingerprint density at radius 3 is 2.19 bits per heavy atom. The molecule has 3 rings (SSSR count). The summed E-state index contributed by atoms with van der Waals surface area (Å²) in [7, 11) is 1.83. The van der Waals surface area contributed by atoms with Crippen molar-refractivity contribution in [1.29, 1.82) is 0 Å². The first kappa shape index (κ1) is 19.5. The molecular formula is C21H24F2N2O2. The minimum absolute atomic E-state index is 0.198. The lowest BCUT2D eigenvalue weighted by Gasteiger charge is -2.40. The molecule has 1 saturated heterocycles. The van der Waals surface area contributed by atoms with Gasteiger partial charge in [-0.25, -0.2) is 8.78 Å². The van der Waals surface area contributed by atoms with E-state index in [9.17, 15) is 18.7 Å². The van der Waals surface area contributed by atoms with Crippen molar-refractivity contribution >= 4 is 5.91 Å². The summed E-state index contributed by atoms with van der Waals surface area (Å²) in [6.07, 6.45) is 1.10. The van der Waals surface area contributed by atoms with Crippen molar-refractivity contribution in [2.75, 3.05) is 20.1 Å². The van der Waals surface area contributed by atoms with Gasteiger partial charge in [0, 0.05) is 26.2 Å². The second kappa shape index (κ2) is 8.15. The van der Waals surface area contributed by atoms with Crippen LogP contribution in [0.3, 0.4) is 0 Å². The first-order valence-electron chi connectivity index (χ1n) is 9.05. The van der Waals surface area contributed by atoms with E-state index in [1.54, 1.807) is 29.2 Å². The van der Waals surface area contributed by atoms with Gasteiger partial charge >= 0.3 is 0 Å². The summed E-state index contributed by atoms with van der Waals surface area (Å²) in [6.45, 7) is 1.63.